The van der Waals surface area contributed by atoms with Crippen LogP contribution < -0.4 is 5.69 Å². The molecule has 6 aromatic rings. The Hall–Kier alpha value is -4.80. The molecule has 4 aromatic heterocycles. The van der Waals surface area contributed by atoms with Gasteiger partial charge in [0.15, 0.2) is 11.3 Å². The predicted molar refractivity (Wildman–Crippen MR) is 176 cm³/mol. The lowest BCUT2D eigenvalue weighted by Gasteiger charge is -2.22. The van der Waals surface area contributed by atoms with Gasteiger partial charge in [0.05, 0.1) is 16.1 Å². The Kier molecular flexibility index (Phi) is 7.26. The molecule has 10 heteroatoms. The van der Waals surface area contributed by atoms with Gasteiger partial charge in [-0.15, -0.1) is 0 Å². The SMILES string of the molecule is C=C(C)c1cn(S(=O)(=O)c2ccc(C)cc2)c2ncc(-c3cnc4c(c3)n(CC3CCOCC3)c(=O)n4-c3ccccc3)cc12. The summed E-state index contributed by atoms with van der Waals surface area (Å²) in [5.41, 5.74) is 6.14. The van der Waals surface area contributed by atoms with E-state index < -0.39 is 10.0 Å². The minimum Gasteiger partial charge on any atom is -0.381 e. The first-order valence-corrected chi connectivity index (χ1v) is 16.4. The summed E-state index contributed by atoms with van der Waals surface area (Å²) >= 11 is 0. The summed E-state index contributed by atoms with van der Waals surface area (Å²) in [5.74, 6) is 0.321. The topological polar surface area (TPSA) is 101 Å². The molecule has 0 amide bonds. The third-order valence-electron chi connectivity index (χ3n) is 8.55. The van der Waals surface area contributed by atoms with Crippen LogP contribution in [0.5, 0.6) is 0 Å². The molecular formula is C35H33N5O4S. The number of nitrogens with zero attached hydrogens (tertiary/aromatic N) is 5. The van der Waals surface area contributed by atoms with E-state index in [-0.39, 0.29) is 10.6 Å². The molecule has 9 nitrogen and oxygen atoms in total. The lowest BCUT2D eigenvalue weighted by atomic mass is 10.0. The zero-order valence-electron chi connectivity index (χ0n) is 25.2. The molecule has 45 heavy (non-hydrogen) atoms. The molecule has 1 saturated heterocycles. The van der Waals surface area contributed by atoms with Gasteiger partial charge in [-0.25, -0.2) is 31.7 Å². The quantitative estimate of drug-likeness (QED) is 0.211. The van der Waals surface area contributed by atoms with Gasteiger partial charge in [-0.05, 0) is 74.6 Å². The molecule has 1 aliphatic heterocycles. The highest BCUT2D eigenvalue weighted by Crippen LogP contribution is 2.33. The van der Waals surface area contributed by atoms with Gasteiger partial charge in [-0.1, -0.05) is 42.5 Å². The average molecular weight is 620 g/mol. The number of para-hydroxylation sites is 1. The summed E-state index contributed by atoms with van der Waals surface area (Å²) < 4.78 is 37.7. The van der Waals surface area contributed by atoms with Crippen LogP contribution in [-0.2, 0) is 21.3 Å². The highest BCUT2D eigenvalue weighted by Gasteiger charge is 2.24. The zero-order valence-corrected chi connectivity index (χ0v) is 26.0. The largest absolute Gasteiger partial charge is 0.381 e. The second-order valence-corrected chi connectivity index (χ2v) is 13.5. The van der Waals surface area contributed by atoms with E-state index >= 15 is 0 Å². The fourth-order valence-corrected chi connectivity index (χ4v) is 7.37. The smallest absolute Gasteiger partial charge is 0.334 e. The third-order valence-corrected chi connectivity index (χ3v) is 10.2. The number of pyridine rings is 2. The number of fused-ring (bicyclic) bond motifs is 2. The summed E-state index contributed by atoms with van der Waals surface area (Å²) in [6, 6.07) is 20.2. The minimum atomic E-state index is -3.90. The molecule has 0 saturated carbocycles. The zero-order chi connectivity index (χ0) is 31.3. The number of ether oxygens (including phenoxy) is 1. The Balaban J connectivity index is 1.38. The standard InChI is InChI=1S/C35H33N5O4S/c1-23(2)31-22-39(45(42,43)29-11-9-24(3)10-12-29)33-30(31)17-26(19-36-33)27-18-32-34(37-20-27)40(28-7-5-4-6-8-28)35(41)38(32)21-25-13-15-44-16-14-25/h4-12,17-20,22,25H,1,13-16,21H2,2-3H3. The van der Waals surface area contributed by atoms with Crippen LogP contribution >= 0.6 is 0 Å². The van der Waals surface area contributed by atoms with Crippen molar-refractivity contribution >= 4 is 37.8 Å². The van der Waals surface area contributed by atoms with Crippen LogP contribution in [0.15, 0.2) is 102 Å². The summed E-state index contributed by atoms with van der Waals surface area (Å²) in [5, 5.41) is 0.664. The van der Waals surface area contributed by atoms with Crippen LogP contribution in [0.25, 0.3) is 44.6 Å². The first-order chi connectivity index (χ1) is 21.7. The lowest BCUT2D eigenvalue weighted by molar-refractivity contribution is 0.0613. The fraction of sp³-hybridized carbons (Fsp3) is 0.229. The number of hydrogen-bond acceptors (Lipinski definition) is 6. The van der Waals surface area contributed by atoms with Crippen LogP contribution in [0.4, 0.5) is 0 Å². The van der Waals surface area contributed by atoms with E-state index in [1.807, 2.05) is 60.9 Å². The maximum absolute atomic E-state index is 13.9. The number of imidazole rings is 1. The van der Waals surface area contributed by atoms with Crippen molar-refractivity contribution in [3.8, 4) is 16.8 Å². The molecule has 228 valence electrons. The van der Waals surface area contributed by atoms with Gasteiger partial charge < -0.3 is 4.74 Å². The van der Waals surface area contributed by atoms with E-state index in [9.17, 15) is 13.2 Å². The van der Waals surface area contributed by atoms with E-state index in [0.717, 1.165) is 46.3 Å². The average Bonchev–Trinajstić information content (AvgIpc) is 3.57. The number of benzene rings is 2. The van der Waals surface area contributed by atoms with Crippen molar-refractivity contribution in [1.82, 2.24) is 23.1 Å². The summed E-state index contributed by atoms with van der Waals surface area (Å²) in [4.78, 5) is 23.6. The van der Waals surface area contributed by atoms with Crippen molar-refractivity contribution in [2.24, 2.45) is 5.92 Å². The summed E-state index contributed by atoms with van der Waals surface area (Å²) in [6.45, 7) is 9.82. The van der Waals surface area contributed by atoms with E-state index in [2.05, 4.69) is 11.6 Å². The Morgan fingerprint density at radius 3 is 2.31 bits per heavy atom. The second-order valence-electron chi connectivity index (χ2n) is 11.7. The molecule has 0 bridgehead atoms. The lowest BCUT2D eigenvalue weighted by Crippen LogP contribution is -2.28. The van der Waals surface area contributed by atoms with E-state index in [1.54, 1.807) is 47.4 Å². The summed E-state index contributed by atoms with van der Waals surface area (Å²) in [6.07, 6.45) is 6.77. The van der Waals surface area contributed by atoms with Crippen molar-refractivity contribution in [3.05, 3.63) is 114 Å². The van der Waals surface area contributed by atoms with Crippen LogP contribution in [-0.4, -0.2) is 44.7 Å². The highest BCUT2D eigenvalue weighted by molar-refractivity contribution is 7.90. The Morgan fingerprint density at radius 1 is 0.956 bits per heavy atom. The van der Waals surface area contributed by atoms with Crippen LogP contribution in [0, 0.1) is 12.8 Å². The van der Waals surface area contributed by atoms with Gasteiger partial charge in [0.25, 0.3) is 10.0 Å². The van der Waals surface area contributed by atoms with Gasteiger partial charge in [0, 0.05) is 60.4 Å². The van der Waals surface area contributed by atoms with E-state index in [0.29, 0.717) is 47.9 Å². The molecule has 5 heterocycles. The first-order valence-electron chi connectivity index (χ1n) is 15.0. The van der Waals surface area contributed by atoms with Crippen LogP contribution in [0.3, 0.4) is 0 Å². The number of allylic oxidation sites excluding steroid dienone is 1. The van der Waals surface area contributed by atoms with Gasteiger partial charge in [-0.2, -0.15) is 0 Å². The fourth-order valence-electron chi connectivity index (χ4n) is 6.05. The molecule has 0 atom stereocenters. The van der Waals surface area contributed by atoms with Crippen molar-refractivity contribution in [2.75, 3.05) is 13.2 Å². The van der Waals surface area contributed by atoms with Gasteiger partial charge in [-0.3, -0.25) is 4.57 Å². The first kappa shape index (κ1) is 28.9. The molecule has 7 rings (SSSR count). The summed E-state index contributed by atoms with van der Waals surface area (Å²) in [7, 11) is -3.90. The molecule has 0 radical (unpaired) electrons. The number of rotatable bonds is 7. The number of aromatic nitrogens is 5. The van der Waals surface area contributed by atoms with Gasteiger partial charge in [0.1, 0.15) is 0 Å². The highest BCUT2D eigenvalue weighted by atomic mass is 32.2. The van der Waals surface area contributed by atoms with Crippen molar-refractivity contribution in [2.45, 2.75) is 38.1 Å². The van der Waals surface area contributed by atoms with E-state index in [4.69, 9.17) is 9.72 Å². The molecular weight excluding hydrogens is 586 g/mol. The van der Waals surface area contributed by atoms with Crippen molar-refractivity contribution < 1.29 is 13.2 Å². The van der Waals surface area contributed by atoms with Gasteiger partial charge >= 0.3 is 5.69 Å². The Morgan fingerprint density at radius 2 is 1.62 bits per heavy atom. The van der Waals surface area contributed by atoms with Crippen molar-refractivity contribution in [1.29, 1.82) is 0 Å². The predicted octanol–water partition coefficient (Wildman–Crippen LogP) is 6.21. The second kappa shape index (κ2) is 11.3. The Bertz CT molecular complexity index is 2240. The molecule has 0 unspecified atom stereocenters. The maximum atomic E-state index is 13.9. The van der Waals surface area contributed by atoms with Crippen molar-refractivity contribution in [3.63, 3.8) is 0 Å². The monoisotopic (exact) mass is 619 g/mol. The minimum absolute atomic E-state index is 0.135. The van der Waals surface area contributed by atoms with Crippen LogP contribution in [0.2, 0.25) is 0 Å². The van der Waals surface area contributed by atoms with Crippen LogP contribution in [0.1, 0.15) is 30.9 Å². The maximum Gasteiger partial charge on any atom is 0.334 e. The number of hydrogen-bond donors (Lipinski definition) is 0. The Labute approximate surface area is 261 Å². The molecule has 2 aromatic carbocycles. The molecule has 0 spiro atoms. The molecule has 1 aliphatic rings. The van der Waals surface area contributed by atoms with Gasteiger partial charge in [0.2, 0.25) is 0 Å². The normalized spacial score (nSPS) is 14.4. The molecule has 0 aliphatic carbocycles. The molecule has 1 fully saturated rings. The molecule has 0 N–H and O–H groups in total. The third kappa shape index (κ3) is 5.09. The van der Waals surface area contributed by atoms with E-state index in [1.165, 1.54) is 3.97 Å². The number of aryl methyl sites for hydroxylation is 1.